The molecule has 0 N–H and O–H groups in total. The maximum atomic E-state index is 11.5. The predicted molar refractivity (Wildman–Crippen MR) is 56.0 cm³/mol. The zero-order valence-electron chi connectivity index (χ0n) is 9.00. The molecule has 0 aromatic heterocycles. The van der Waals surface area contributed by atoms with E-state index in [1.807, 2.05) is 13.0 Å². The minimum atomic E-state index is 0. The van der Waals surface area contributed by atoms with Crippen molar-refractivity contribution in [3.05, 3.63) is 35.7 Å². The maximum Gasteiger partial charge on any atom is 2.00 e. The molecule has 2 rings (SSSR count). The van der Waals surface area contributed by atoms with Crippen molar-refractivity contribution in [3.63, 3.8) is 0 Å². The molecule has 0 radical (unpaired) electrons. The van der Waals surface area contributed by atoms with E-state index in [0.29, 0.717) is 0 Å². The van der Waals surface area contributed by atoms with Gasteiger partial charge >= 0.3 is 31.1 Å². The average molecular weight is 425 g/mol. The molecule has 1 aliphatic rings. The molecule has 1 heterocycles. The number of rotatable bonds is 1. The Bertz CT molecular complexity index is 376. The molecule has 15 heavy (non-hydrogen) atoms. The van der Waals surface area contributed by atoms with Gasteiger partial charge in [0.1, 0.15) is 0 Å². The van der Waals surface area contributed by atoms with Crippen LogP contribution >= 0.6 is 0 Å². The predicted octanol–water partition coefficient (Wildman–Crippen LogP) is 1.91. The Morgan fingerprint density at radius 3 is 3.00 bits per heavy atom. The summed E-state index contributed by atoms with van der Waals surface area (Å²) in [5, 5.41) is 0. The Morgan fingerprint density at radius 1 is 1.60 bits per heavy atom. The number of carbonyl (C=O) groups excluding carboxylic acids is 1. The van der Waals surface area contributed by atoms with Gasteiger partial charge in [-0.3, -0.25) is 0 Å². The normalized spacial score (nSPS) is 13.1. The molecule has 3 heteroatoms. The summed E-state index contributed by atoms with van der Waals surface area (Å²) in [6.45, 7) is 4.61. The van der Waals surface area contributed by atoms with E-state index >= 15 is 0 Å². The van der Waals surface area contributed by atoms with Crippen molar-refractivity contribution in [1.29, 1.82) is 0 Å². The molecular weight excluding hydrogens is 412 g/mol. The Morgan fingerprint density at radius 2 is 2.33 bits per heavy atom. The van der Waals surface area contributed by atoms with Crippen LogP contribution < -0.4 is 4.90 Å². The van der Waals surface area contributed by atoms with Gasteiger partial charge in [-0.2, -0.15) is 30.7 Å². The molecule has 1 aromatic carbocycles. The average Bonchev–Trinajstić information content (AvgIpc) is 2.59. The number of nitrogens with zero attached hydrogens (tertiary/aromatic N) is 1. The SMILES string of the molecule is C[CH-]C(=O)N1CCc2cc(C)c[c-]c21.[U+2]. The third kappa shape index (κ3) is 2.41. The van der Waals surface area contributed by atoms with Gasteiger partial charge in [-0.1, -0.05) is 19.0 Å². The van der Waals surface area contributed by atoms with E-state index in [2.05, 4.69) is 12.1 Å². The number of aryl methyl sites for hydroxylation is 1. The largest absolute Gasteiger partial charge is 2.00 e. The van der Waals surface area contributed by atoms with E-state index in [0.717, 1.165) is 18.7 Å². The number of hydrogen-bond donors (Lipinski definition) is 0. The van der Waals surface area contributed by atoms with Crippen LogP contribution in [0.5, 0.6) is 0 Å². The van der Waals surface area contributed by atoms with Crippen molar-refractivity contribution in [2.24, 2.45) is 0 Å². The third-order valence-corrected chi connectivity index (χ3v) is 2.53. The second kappa shape index (κ2) is 5.10. The molecule has 1 amide bonds. The molecule has 76 valence electrons. The Labute approximate surface area is 114 Å². The molecule has 0 saturated heterocycles. The van der Waals surface area contributed by atoms with Crippen LogP contribution in [0, 0.1) is 50.5 Å². The van der Waals surface area contributed by atoms with Crippen molar-refractivity contribution < 1.29 is 35.9 Å². The molecule has 0 bridgehead atoms. The fraction of sp³-hybridized carbons (Fsp3) is 0.333. The first-order valence-electron chi connectivity index (χ1n) is 4.84. The fourth-order valence-corrected chi connectivity index (χ4v) is 1.82. The summed E-state index contributed by atoms with van der Waals surface area (Å²) in [5.41, 5.74) is 3.40. The fourth-order valence-electron chi connectivity index (χ4n) is 1.82. The van der Waals surface area contributed by atoms with Gasteiger partial charge in [0.2, 0.25) is 0 Å². The number of hydrogen-bond acceptors (Lipinski definition) is 1. The minimum Gasteiger partial charge on any atom is -0.361 e. The molecular formula is C12H13NOU. The van der Waals surface area contributed by atoms with E-state index < -0.39 is 0 Å². The van der Waals surface area contributed by atoms with Crippen molar-refractivity contribution in [2.75, 3.05) is 11.4 Å². The van der Waals surface area contributed by atoms with Gasteiger partial charge in [0.05, 0.1) is 5.91 Å². The summed E-state index contributed by atoms with van der Waals surface area (Å²) in [6.07, 6.45) is 2.55. The Kier molecular flexibility index (Phi) is 4.31. The van der Waals surface area contributed by atoms with Crippen molar-refractivity contribution in [1.82, 2.24) is 0 Å². The van der Waals surface area contributed by atoms with Crippen LogP contribution in [0.25, 0.3) is 0 Å². The van der Waals surface area contributed by atoms with Gasteiger partial charge < -0.3 is 16.1 Å². The first kappa shape index (κ1) is 12.7. The van der Waals surface area contributed by atoms with E-state index in [4.69, 9.17) is 0 Å². The zero-order valence-corrected chi connectivity index (χ0v) is 13.2. The summed E-state index contributed by atoms with van der Waals surface area (Å²) >= 11 is 0. The van der Waals surface area contributed by atoms with E-state index in [9.17, 15) is 4.79 Å². The number of benzene rings is 1. The second-order valence-electron chi connectivity index (χ2n) is 3.58. The molecule has 2 nitrogen and oxygen atoms in total. The van der Waals surface area contributed by atoms with Crippen LogP contribution in [-0.4, -0.2) is 12.5 Å². The molecule has 0 saturated carbocycles. The van der Waals surface area contributed by atoms with Gasteiger partial charge in [0, 0.05) is 6.54 Å². The molecule has 1 aliphatic heterocycles. The second-order valence-corrected chi connectivity index (χ2v) is 3.58. The first-order valence-corrected chi connectivity index (χ1v) is 4.84. The number of anilines is 1. The Hall–Kier alpha value is -0.388. The maximum absolute atomic E-state index is 11.5. The topological polar surface area (TPSA) is 20.3 Å². The van der Waals surface area contributed by atoms with E-state index in [1.165, 1.54) is 11.1 Å². The monoisotopic (exact) mass is 425 g/mol. The van der Waals surface area contributed by atoms with Crippen LogP contribution in [0.2, 0.25) is 0 Å². The first-order chi connectivity index (χ1) is 6.72. The van der Waals surface area contributed by atoms with E-state index in [1.54, 1.807) is 18.2 Å². The summed E-state index contributed by atoms with van der Waals surface area (Å²) in [4.78, 5) is 13.3. The van der Waals surface area contributed by atoms with Crippen LogP contribution in [0.1, 0.15) is 18.1 Å². The number of carbonyl (C=O) groups is 1. The summed E-state index contributed by atoms with van der Waals surface area (Å²) in [5.74, 6) is 0.0730. The van der Waals surface area contributed by atoms with Crippen LogP contribution in [0.15, 0.2) is 12.1 Å². The zero-order chi connectivity index (χ0) is 10.1. The number of amides is 1. The smallest absolute Gasteiger partial charge is 0.361 e. The van der Waals surface area contributed by atoms with Crippen molar-refractivity contribution in [2.45, 2.75) is 20.3 Å². The van der Waals surface area contributed by atoms with Crippen LogP contribution in [0.3, 0.4) is 0 Å². The summed E-state index contributed by atoms with van der Waals surface area (Å²) in [6, 6.07) is 7.23. The molecule has 0 unspecified atom stereocenters. The van der Waals surface area contributed by atoms with E-state index in [-0.39, 0.29) is 37.0 Å². The molecule has 0 spiro atoms. The van der Waals surface area contributed by atoms with Crippen LogP contribution in [-0.2, 0) is 11.2 Å². The van der Waals surface area contributed by atoms with Gasteiger partial charge in [-0.05, 0) is 0 Å². The molecule has 0 aliphatic carbocycles. The quantitative estimate of drug-likeness (QED) is 0.630. The van der Waals surface area contributed by atoms with Crippen molar-refractivity contribution in [3.8, 4) is 0 Å². The van der Waals surface area contributed by atoms with Crippen molar-refractivity contribution >= 4 is 11.6 Å². The van der Waals surface area contributed by atoms with Gasteiger partial charge in [-0.15, -0.1) is 5.56 Å². The standard InChI is InChI=1S/C12H13NO.U/c1-3-12(14)13-7-6-10-8-9(2)4-5-11(10)13;/h3-4,8H,6-7H2,1-2H3;/q-2;+2. The van der Waals surface area contributed by atoms with Gasteiger partial charge in [-0.25, -0.2) is 0 Å². The molecule has 1 aromatic rings. The third-order valence-electron chi connectivity index (χ3n) is 2.53. The number of fused-ring (bicyclic) bond motifs is 1. The van der Waals surface area contributed by atoms with Crippen LogP contribution in [0.4, 0.5) is 5.69 Å². The molecule has 0 fully saturated rings. The molecule has 0 atom stereocenters. The summed E-state index contributed by atoms with van der Waals surface area (Å²) < 4.78 is 0. The minimum absolute atomic E-state index is 0. The van der Waals surface area contributed by atoms with Gasteiger partial charge in [0.25, 0.3) is 0 Å². The summed E-state index contributed by atoms with van der Waals surface area (Å²) in [7, 11) is 0. The van der Waals surface area contributed by atoms with Gasteiger partial charge in [0.15, 0.2) is 0 Å². The Balaban J connectivity index is 0.00000112.